The fraction of sp³-hybridized carbons (Fsp3) is 0.409. The van der Waals surface area contributed by atoms with Crippen LogP contribution < -0.4 is 0 Å². The first-order valence-corrected chi connectivity index (χ1v) is 53.8. The van der Waals surface area contributed by atoms with Crippen LogP contribution in [0.5, 0.6) is 0 Å². The maximum Gasteiger partial charge on any atom is -0.00132 e. The van der Waals surface area contributed by atoms with Gasteiger partial charge in [-0.2, -0.15) is 0 Å². The van der Waals surface area contributed by atoms with E-state index in [-0.39, 0.29) is 0 Å². The van der Waals surface area contributed by atoms with Crippen LogP contribution in [0.15, 0.2) is 291 Å². The van der Waals surface area contributed by atoms with E-state index in [1.54, 1.807) is 0 Å². The van der Waals surface area contributed by atoms with Gasteiger partial charge in [0, 0.05) is 0 Å². The van der Waals surface area contributed by atoms with E-state index in [0.717, 1.165) is 117 Å². The molecule has 3 aliphatic carbocycles. The highest BCUT2D eigenvalue weighted by Crippen LogP contribution is 2.47. The van der Waals surface area contributed by atoms with Crippen LogP contribution in [-0.4, -0.2) is 150 Å². The summed E-state index contributed by atoms with van der Waals surface area (Å²) in [4.78, 5) is 13.5. The maximum atomic E-state index is 2.43. The molecule has 0 amide bonds. The molecule has 0 saturated carbocycles. The lowest BCUT2D eigenvalue weighted by atomic mass is 9.92. The Morgan fingerprint density at radius 3 is 0.746 bits per heavy atom. The molecule has 15 aromatic carbocycles. The van der Waals surface area contributed by atoms with Gasteiger partial charge in [-0.1, -0.05) is 487 Å². The van der Waals surface area contributed by atoms with Crippen molar-refractivity contribution in [3.05, 3.63) is 358 Å². The Kier molecular flexibility index (Phi) is 67.9. The van der Waals surface area contributed by atoms with Crippen molar-refractivity contribution in [2.45, 2.75) is 246 Å². The first-order valence-electron chi connectivity index (χ1n) is 53.8. The van der Waals surface area contributed by atoms with Gasteiger partial charge in [0.15, 0.2) is 0 Å². The minimum Gasteiger partial charge on any atom is -0.307 e. The van der Waals surface area contributed by atoms with E-state index < -0.39 is 0 Å². The molecule has 0 bridgehead atoms. The van der Waals surface area contributed by atoms with E-state index in [4.69, 9.17) is 0 Å². The molecule has 0 heterocycles. The molecular formula is C132H192N6. The quantitative estimate of drug-likeness (QED) is 0.0625. The molecule has 750 valence electrons. The minimum atomic E-state index is 0.981. The minimum absolute atomic E-state index is 0.981. The van der Waals surface area contributed by atoms with Crippen molar-refractivity contribution in [2.24, 2.45) is 0 Å². The molecule has 6 heteroatoms. The van der Waals surface area contributed by atoms with Crippen LogP contribution in [0, 0.1) is 0 Å². The lowest BCUT2D eigenvalue weighted by molar-refractivity contribution is 0.373. The highest BCUT2D eigenvalue weighted by molar-refractivity contribution is 6.17. The number of hydrogen-bond acceptors (Lipinski definition) is 6. The third-order valence-electron chi connectivity index (χ3n) is 24.7. The third kappa shape index (κ3) is 39.4. The predicted octanol–water partition coefficient (Wildman–Crippen LogP) is 36.4. The summed E-state index contributed by atoms with van der Waals surface area (Å²) in [5.41, 5.74) is 25.5. The van der Waals surface area contributed by atoms with Crippen molar-refractivity contribution in [3.63, 3.8) is 0 Å². The Morgan fingerprint density at radius 1 is 0.167 bits per heavy atom. The number of hydrogen-bond donors (Lipinski definition) is 0. The molecular weight excluding hydrogens is 1670 g/mol. The maximum absolute atomic E-state index is 2.43. The van der Waals surface area contributed by atoms with Gasteiger partial charge in [-0.05, 0) is 336 Å². The summed E-state index contributed by atoms with van der Waals surface area (Å²) in [7, 11) is 12.7. The predicted molar refractivity (Wildman–Crippen MR) is 632 cm³/mol. The van der Waals surface area contributed by atoms with Crippen molar-refractivity contribution in [2.75, 3.05) is 121 Å². The van der Waals surface area contributed by atoms with Gasteiger partial charge in [0.2, 0.25) is 0 Å². The fourth-order valence-corrected chi connectivity index (χ4v) is 15.5. The highest BCUT2D eigenvalue weighted by Gasteiger charge is 2.26. The molecule has 0 spiro atoms. The fourth-order valence-electron chi connectivity index (χ4n) is 15.5. The van der Waals surface area contributed by atoms with Gasteiger partial charge >= 0.3 is 0 Å². The van der Waals surface area contributed by atoms with E-state index in [9.17, 15) is 0 Å². The van der Waals surface area contributed by atoms with Crippen molar-refractivity contribution >= 4 is 64.6 Å². The molecule has 0 aliphatic heterocycles. The van der Waals surface area contributed by atoms with Crippen molar-refractivity contribution in [1.82, 2.24) is 29.4 Å². The summed E-state index contributed by atoms with van der Waals surface area (Å²) in [5.74, 6) is 0. The molecule has 0 atom stereocenters. The Labute approximate surface area is 846 Å². The van der Waals surface area contributed by atoms with Gasteiger partial charge in [-0.3, -0.25) is 0 Å². The molecule has 138 heavy (non-hydrogen) atoms. The summed E-state index contributed by atoms with van der Waals surface area (Å²) in [6, 6.07) is 107. The molecule has 0 unspecified atom stereocenters. The molecule has 15 aromatic rings. The Hall–Kier alpha value is -10.4. The summed E-state index contributed by atoms with van der Waals surface area (Å²) in [6.07, 6.45) is 6.07. The number of fused-ring (bicyclic) bond motifs is 20. The van der Waals surface area contributed by atoms with Gasteiger partial charge in [-0.15, -0.1) is 0 Å². The van der Waals surface area contributed by atoms with Gasteiger partial charge in [0.25, 0.3) is 0 Å². The third-order valence-corrected chi connectivity index (χ3v) is 24.7. The second kappa shape index (κ2) is 74.6. The largest absolute Gasteiger partial charge is 0.307 e. The van der Waals surface area contributed by atoms with Gasteiger partial charge < -0.3 is 29.4 Å². The standard InChI is InChI=1S/3C28H20.6C5H13N.9C2H6/c1-2-6-19(7-3-1)16-20-10-11-22-18-23-13-14-25-24-9-5-4-8-21(24)12-15-26(25)28(23)27(22)17-20;1-2-6-19(7-3-1)14-20-10-11-23-17-25-13-12-24-16-21-8-4-5-9-22(21)18-27(24)28(25)26(23)15-20;1-2-6-19(7-3-1)16-20-10-11-23-18-24-15-14-22-13-12-21-8-4-5-9-25(21)27(22)28(24)26(23)17-20;6*1-4-6(3)5-2;9*1-2/h1-15,17H,16,18H2;1-13,15-16,18H,14,17H2;1-15,17H,16,18H2;6*4-5H2,1-3H3;9*1-2H3. The van der Waals surface area contributed by atoms with Crippen LogP contribution in [0.25, 0.3) is 98.0 Å². The monoisotopic (exact) mass is 1860 g/mol. The Bertz CT molecular complexity index is 5450. The van der Waals surface area contributed by atoms with Gasteiger partial charge in [0.05, 0.1) is 0 Å². The lowest BCUT2D eigenvalue weighted by Crippen LogP contribution is -2.15. The summed E-state index contributed by atoms with van der Waals surface area (Å²) >= 11 is 0. The molecule has 0 radical (unpaired) electrons. The topological polar surface area (TPSA) is 19.4 Å². The zero-order valence-electron chi connectivity index (χ0n) is 94.1. The smallest absolute Gasteiger partial charge is 0.00132 e. The van der Waals surface area contributed by atoms with E-state index >= 15 is 0 Å². The molecule has 6 nitrogen and oxygen atoms in total. The van der Waals surface area contributed by atoms with Crippen LogP contribution in [0.1, 0.15) is 274 Å². The van der Waals surface area contributed by atoms with Crippen molar-refractivity contribution < 1.29 is 0 Å². The molecule has 0 aromatic heterocycles. The van der Waals surface area contributed by atoms with Crippen LogP contribution in [0.2, 0.25) is 0 Å². The first kappa shape index (κ1) is 126. The Balaban J connectivity index is 0.000000823. The van der Waals surface area contributed by atoms with Crippen molar-refractivity contribution in [3.8, 4) is 33.4 Å². The lowest BCUT2D eigenvalue weighted by Gasteiger charge is -2.11. The number of rotatable bonds is 18. The van der Waals surface area contributed by atoms with Crippen LogP contribution >= 0.6 is 0 Å². The average molecular weight is 1860 g/mol. The molecule has 0 fully saturated rings. The van der Waals surface area contributed by atoms with Crippen LogP contribution in [0.4, 0.5) is 0 Å². The SMILES string of the molecule is CC.CC.CC.CC.CC.CC.CC.CC.CC.CCN(C)CC.CCN(C)CC.CCN(C)CC.CCN(C)CC.CCN(C)CC.CCN(C)CC.c1ccc(Cc2ccc3c(c2)-c2c(ccc4c2ccc2ccccc24)C3)cc1.c1ccc(Cc2ccc3c(c2)-c2c(ccc4cc5ccccc5cc24)C3)cc1.c1ccc(Cc2ccc3c(c2)-c2c(ccc4ccc5ccccc5c24)C3)cc1. The highest BCUT2D eigenvalue weighted by atomic mass is 15.1. The zero-order valence-corrected chi connectivity index (χ0v) is 94.1. The van der Waals surface area contributed by atoms with Crippen LogP contribution in [0.3, 0.4) is 0 Å². The van der Waals surface area contributed by atoms with E-state index in [2.05, 4.69) is 446 Å². The summed E-state index contributed by atoms with van der Waals surface area (Å²) in [5, 5.41) is 16.2. The van der Waals surface area contributed by atoms with E-state index in [1.165, 1.54) is 165 Å². The van der Waals surface area contributed by atoms with E-state index in [0.29, 0.717) is 0 Å². The second-order valence-corrected chi connectivity index (χ2v) is 32.4. The average Bonchev–Trinajstić information content (AvgIpc) is 1.63. The molecule has 18 rings (SSSR count). The summed E-state index contributed by atoms with van der Waals surface area (Å²) in [6.45, 7) is 75.8. The number of nitrogens with zero attached hydrogens (tertiary/aromatic N) is 6. The zero-order chi connectivity index (χ0) is 103. The van der Waals surface area contributed by atoms with Gasteiger partial charge in [0.1, 0.15) is 0 Å². The Morgan fingerprint density at radius 2 is 0.406 bits per heavy atom. The second-order valence-electron chi connectivity index (χ2n) is 32.4. The first-order chi connectivity index (χ1) is 67.4. The molecule has 3 aliphatic rings. The van der Waals surface area contributed by atoms with Crippen molar-refractivity contribution in [1.29, 1.82) is 0 Å². The molecule has 0 saturated heterocycles. The normalized spacial score (nSPS) is 10.5. The van der Waals surface area contributed by atoms with Crippen LogP contribution in [-0.2, 0) is 38.5 Å². The molecule has 0 N–H and O–H groups in total. The summed E-state index contributed by atoms with van der Waals surface area (Å²) < 4.78 is 0. The van der Waals surface area contributed by atoms with E-state index in [1.807, 2.05) is 125 Å². The number of benzene rings is 15. The van der Waals surface area contributed by atoms with Gasteiger partial charge in [-0.25, -0.2) is 0 Å².